The Bertz CT molecular complexity index is 757. The van der Waals surface area contributed by atoms with Gasteiger partial charge in [0.25, 0.3) is 0 Å². The van der Waals surface area contributed by atoms with Crippen molar-refractivity contribution >= 4 is 11.6 Å². The van der Waals surface area contributed by atoms with Crippen molar-refractivity contribution in [3.63, 3.8) is 0 Å². The zero-order chi connectivity index (χ0) is 19.8. The predicted molar refractivity (Wildman–Crippen MR) is 119 cm³/mol. The molecule has 5 nitrogen and oxygen atoms in total. The van der Waals surface area contributed by atoms with E-state index in [-0.39, 0.29) is 0 Å². The Kier molecular flexibility index (Phi) is 7.31. The molecule has 0 bridgehead atoms. The first kappa shape index (κ1) is 20.2. The van der Waals surface area contributed by atoms with Crippen LogP contribution >= 0.6 is 0 Å². The van der Waals surface area contributed by atoms with Crippen LogP contribution in [0.3, 0.4) is 0 Å². The van der Waals surface area contributed by atoms with Gasteiger partial charge in [0.1, 0.15) is 0 Å². The highest BCUT2D eigenvalue weighted by Crippen LogP contribution is 2.19. The van der Waals surface area contributed by atoms with Crippen molar-refractivity contribution in [1.29, 1.82) is 0 Å². The van der Waals surface area contributed by atoms with E-state index in [1.807, 2.05) is 0 Å². The van der Waals surface area contributed by atoms with E-state index in [1.165, 1.54) is 16.8 Å². The SMILES string of the molecule is CCNC(=NCc1cccc(CN(C)C)c1)NC1CCN(c2ccccc2)C1. The Morgan fingerprint density at radius 2 is 1.89 bits per heavy atom. The molecule has 2 aromatic carbocycles. The van der Waals surface area contributed by atoms with Crippen molar-refractivity contribution in [2.75, 3.05) is 38.6 Å². The van der Waals surface area contributed by atoms with E-state index >= 15 is 0 Å². The quantitative estimate of drug-likeness (QED) is 0.573. The van der Waals surface area contributed by atoms with Gasteiger partial charge in [-0.15, -0.1) is 0 Å². The van der Waals surface area contributed by atoms with Crippen LogP contribution in [0.15, 0.2) is 59.6 Å². The average Bonchev–Trinajstić information content (AvgIpc) is 3.15. The van der Waals surface area contributed by atoms with Crippen LogP contribution in [-0.4, -0.2) is 50.6 Å². The van der Waals surface area contributed by atoms with Crippen molar-refractivity contribution in [3.8, 4) is 0 Å². The third-order valence-electron chi connectivity index (χ3n) is 4.90. The van der Waals surface area contributed by atoms with Crippen LogP contribution in [0.5, 0.6) is 0 Å². The molecule has 28 heavy (non-hydrogen) atoms. The van der Waals surface area contributed by atoms with E-state index < -0.39 is 0 Å². The second-order valence-electron chi connectivity index (χ2n) is 7.66. The minimum atomic E-state index is 0.415. The molecule has 1 aliphatic heterocycles. The molecule has 2 aromatic rings. The molecule has 0 radical (unpaired) electrons. The molecule has 0 spiro atoms. The van der Waals surface area contributed by atoms with Crippen molar-refractivity contribution in [2.45, 2.75) is 32.5 Å². The monoisotopic (exact) mass is 379 g/mol. The maximum atomic E-state index is 4.83. The predicted octanol–water partition coefficient (Wildman–Crippen LogP) is 3.08. The minimum absolute atomic E-state index is 0.415. The highest BCUT2D eigenvalue weighted by Gasteiger charge is 2.23. The van der Waals surface area contributed by atoms with Crippen molar-refractivity contribution < 1.29 is 0 Å². The molecule has 3 rings (SSSR count). The number of hydrogen-bond acceptors (Lipinski definition) is 3. The summed E-state index contributed by atoms with van der Waals surface area (Å²) in [6.45, 7) is 6.70. The molecule has 2 N–H and O–H groups in total. The Labute approximate surface area is 169 Å². The summed E-state index contributed by atoms with van der Waals surface area (Å²) in [6.07, 6.45) is 1.12. The van der Waals surface area contributed by atoms with Gasteiger partial charge in [0.15, 0.2) is 5.96 Å². The number of guanidine groups is 1. The smallest absolute Gasteiger partial charge is 0.191 e. The van der Waals surface area contributed by atoms with Crippen LogP contribution in [-0.2, 0) is 13.1 Å². The number of aliphatic imine (C=N–C) groups is 1. The van der Waals surface area contributed by atoms with E-state index in [9.17, 15) is 0 Å². The molecule has 0 amide bonds. The Hall–Kier alpha value is -2.53. The van der Waals surface area contributed by atoms with Gasteiger partial charge in [0.05, 0.1) is 6.54 Å². The molecular formula is C23H33N5. The van der Waals surface area contributed by atoms with Gasteiger partial charge >= 0.3 is 0 Å². The molecule has 1 atom stereocenters. The fourth-order valence-electron chi connectivity index (χ4n) is 3.63. The van der Waals surface area contributed by atoms with Gasteiger partial charge in [0, 0.05) is 37.9 Å². The number of anilines is 1. The summed E-state index contributed by atoms with van der Waals surface area (Å²) in [7, 11) is 4.19. The summed E-state index contributed by atoms with van der Waals surface area (Å²) in [5.41, 5.74) is 3.87. The lowest BCUT2D eigenvalue weighted by Gasteiger charge is -2.20. The lowest BCUT2D eigenvalue weighted by atomic mass is 10.1. The summed E-state index contributed by atoms with van der Waals surface area (Å²) in [5, 5.41) is 7.02. The number of benzene rings is 2. The standard InChI is InChI=1S/C23H33N5/c1-4-24-23(25-16-19-9-8-10-20(15-19)17-27(2)3)26-21-13-14-28(18-21)22-11-6-5-7-12-22/h5-12,15,21H,4,13-14,16-18H2,1-3H3,(H2,24,25,26). The van der Waals surface area contributed by atoms with E-state index in [0.717, 1.165) is 38.6 Å². The van der Waals surface area contributed by atoms with Crippen molar-refractivity contribution in [2.24, 2.45) is 4.99 Å². The number of rotatable bonds is 7. The maximum absolute atomic E-state index is 4.83. The first-order valence-electron chi connectivity index (χ1n) is 10.2. The molecule has 1 saturated heterocycles. The maximum Gasteiger partial charge on any atom is 0.191 e. The van der Waals surface area contributed by atoms with Gasteiger partial charge in [-0.2, -0.15) is 0 Å². The molecule has 1 aliphatic rings. The van der Waals surface area contributed by atoms with E-state index in [2.05, 4.69) is 96.0 Å². The molecule has 1 heterocycles. The first-order valence-corrected chi connectivity index (χ1v) is 10.2. The Morgan fingerprint density at radius 1 is 1.11 bits per heavy atom. The molecular weight excluding hydrogens is 346 g/mol. The summed E-state index contributed by atoms with van der Waals surface area (Å²) in [4.78, 5) is 9.45. The molecule has 1 unspecified atom stereocenters. The molecule has 1 fully saturated rings. The lowest BCUT2D eigenvalue weighted by molar-refractivity contribution is 0.402. The van der Waals surface area contributed by atoms with Gasteiger partial charge in [-0.25, -0.2) is 4.99 Å². The minimum Gasteiger partial charge on any atom is -0.369 e. The van der Waals surface area contributed by atoms with Crippen LogP contribution in [0.4, 0.5) is 5.69 Å². The van der Waals surface area contributed by atoms with Gasteiger partial charge in [-0.05, 0) is 50.7 Å². The van der Waals surface area contributed by atoms with E-state index in [1.54, 1.807) is 0 Å². The van der Waals surface area contributed by atoms with Gasteiger partial charge in [-0.3, -0.25) is 0 Å². The van der Waals surface area contributed by atoms with Crippen molar-refractivity contribution in [3.05, 3.63) is 65.7 Å². The fraction of sp³-hybridized carbons (Fsp3) is 0.435. The van der Waals surface area contributed by atoms with Gasteiger partial charge in [-0.1, -0.05) is 42.5 Å². The Balaban J connectivity index is 1.59. The van der Waals surface area contributed by atoms with Crippen molar-refractivity contribution in [1.82, 2.24) is 15.5 Å². The van der Waals surface area contributed by atoms with E-state index in [4.69, 9.17) is 4.99 Å². The number of para-hydroxylation sites is 1. The number of nitrogens with zero attached hydrogens (tertiary/aromatic N) is 3. The molecule has 0 aromatic heterocycles. The second kappa shape index (κ2) is 10.1. The third-order valence-corrected chi connectivity index (χ3v) is 4.90. The highest BCUT2D eigenvalue weighted by atomic mass is 15.2. The summed E-state index contributed by atoms with van der Waals surface area (Å²) >= 11 is 0. The number of nitrogens with one attached hydrogen (secondary N) is 2. The summed E-state index contributed by atoms with van der Waals surface area (Å²) in [6, 6.07) is 19.8. The van der Waals surface area contributed by atoms with Crippen LogP contribution in [0.25, 0.3) is 0 Å². The molecule has 150 valence electrons. The Morgan fingerprint density at radius 3 is 2.64 bits per heavy atom. The summed E-state index contributed by atoms with van der Waals surface area (Å²) in [5.74, 6) is 0.903. The fourth-order valence-corrected chi connectivity index (χ4v) is 3.63. The van der Waals surface area contributed by atoms with E-state index in [0.29, 0.717) is 12.6 Å². The topological polar surface area (TPSA) is 42.9 Å². The van der Waals surface area contributed by atoms with Crippen LogP contribution in [0.1, 0.15) is 24.5 Å². The zero-order valence-corrected chi connectivity index (χ0v) is 17.4. The molecule has 5 heteroatoms. The summed E-state index contributed by atoms with van der Waals surface area (Å²) < 4.78 is 0. The highest BCUT2D eigenvalue weighted by molar-refractivity contribution is 5.80. The largest absolute Gasteiger partial charge is 0.369 e. The zero-order valence-electron chi connectivity index (χ0n) is 17.4. The van der Waals surface area contributed by atoms with Crippen LogP contribution in [0.2, 0.25) is 0 Å². The van der Waals surface area contributed by atoms with Gasteiger partial charge in [0.2, 0.25) is 0 Å². The average molecular weight is 380 g/mol. The van der Waals surface area contributed by atoms with Crippen LogP contribution < -0.4 is 15.5 Å². The van der Waals surface area contributed by atoms with Gasteiger partial charge < -0.3 is 20.4 Å². The first-order chi connectivity index (χ1) is 13.6. The lowest BCUT2D eigenvalue weighted by Crippen LogP contribution is -2.44. The van der Waals surface area contributed by atoms with Crippen LogP contribution in [0, 0.1) is 0 Å². The molecule has 0 saturated carbocycles. The normalized spacial score (nSPS) is 17.2. The molecule has 0 aliphatic carbocycles. The third kappa shape index (κ3) is 5.99. The second-order valence-corrected chi connectivity index (χ2v) is 7.66. The number of hydrogen-bond donors (Lipinski definition) is 2.